The van der Waals surface area contributed by atoms with Crippen LogP contribution >= 0.6 is 0 Å². The minimum Gasteiger partial charge on any atom is -0.353 e. The lowest BCUT2D eigenvalue weighted by atomic mass is 9.92. The Balaban J connectivity index is 1.84. The van der Waals surface area contributed by atoms with Crippen molar-refractivity contribution in [2.75, 3.05) is 44.4 Å². The lowest BCUT2D eigenvalue weighted by Crippen LogP contribution is -2.31. The minimum atomic E-state index is -0.486. The molecular formula is C26H36FN7O. The van der Waals surface area contributed by atoms with Crippen LogP contribution in [0.5, 0.6) is 0 Å². The highest BCUT2D eigenvalue weighted by atomic mass is 19.1. The van der Waals surface area contributed by atoms with Gasteiger partial charge in [0.2, 0.25) is 5.95 Å². The Hall–Kier alpha value is -3.33. The zero-order chi connectivity index (χ0) is 25.8. The van der Waals surface area contributed by atoms with E-state index in [1.54, 1.807) is 12.3 Å². The Morgan fingerprint density at radius 1 is 1.06 bits per heavy atom. The summed E-state index contributed by atoms with van der Waals surface area (Å²) in [5.74, 6) is 0.0429. The van der Waals surface area contributed by atoms with Gasteiger partial charge in [-0.3, -0.25) is 0 Å². The number of rotatable bonds is 8. The number of halogens is 1. The summed E-state index contributed by atoms with van der Waals surface area (Å²) in [6, 6.07) is 4.60. The molecule has 0 aliphatic rings. The van der Waals surface area contributed by atoms with Crippen LogP contribution in [0.3, 0.4) is 0 Å². The van der Waals surface area contributed by atoms with E-state index in [0.29, 0.717) is 18.1 Å². The average molecular weight is 482 g/mol. The van der Waals surface area contributed by atoms with Crippen molar-refractivity contribution < 1.29 is 9.18 Å². The van der Waals surface area contributed by atoms with E-state index in [4.69, 9.17) is 0 Å². The summed E-state index contributed by atoms with van der Waals surface area (Å²) in [5, 5.41) is 9.42. The van der Waals surface area contributed by atoms with E-state index in [1.165, 1.54) is 6.07 Å². The van der Waals surface area contributed by atoms with Crippen LogP contribution in [0.1, 0.15) is 38.4 Å². The third-order valence-corrected chi connectivity index (χ3v) is 5.61. The van der Waals surface area contributed by atoms with Crippen LogP contribution in [-0.2, 0) is 0 Å². The summed E-state index contributed by atoms with van der Waals surface area (Å²) in [4.78, 5) is 28.0. The molecule has 0 saturated heterocycles. The topological polar surface area (TPSA) is 95.1 Å². The molecule has 0 saturated carbocycles. The van der Waals surface area contributed by atoms with Crippen LogP contribution in [0, 0.1) is 25.1 Å². The van der Waals surface area contributed by atoms with Gasteiger partial charge in [-0.05, 0) is 69.1 Å². The van der Waals surface area contributed by atoms with Crippen molar-refractivity contribution in [2.24, 2.45) is 5.41 Å². The third kappa shape index (κ3) is 7.32. The summed E-state index contributed by atoms with van der Waals surface area (Å²) < 4.78 is 14.7. The number of aryl methyl sites for hydroxylation is 2. The normalized spacial score (nSPS) is 11.7. The van der Waals surface area contributed by atoms with E-state index in [1.807, 2.05) is 34.0 Å². The van der Waals surface area contributed by atoms with E-state index >= 15 is 0 Å². The Morgan fingerprint density at radius 3 is 2.49 bits per heavy atom. The number of fused-ring (bicyclic) bond motifs is 1. The molecule has 0 aliphatic heterocycles. The largest absolute Gasteiger partial charge is 0.353 e. The zero-order valence-corrected chi connectivity index (χ0v) is 21.7. The predicted molar refractivity (Wildman–Crippen MR) is 140 cm³/mol. The van der Waals surface area contributed by atoms with Crippen molar-refractivity contribution in [2.45, 2.75) is 41.0 Å². The fourth-order valence-corrected chi connectivity index (χ4v) is 3.58. The number of carbonyl (C=O) groups excluding carboxylic acids is 1. The molecule has 3 N–H and O–H groups in total. The second kappa shape index (κ2) is 10.9. The fraction of sp³-hybridized carbons (Fsp3) is 0.462. The highest BCUT2D eigenvalue weighted by Gasteiger charge is 2.16. The molecule has 0 bridgehead atoms. The van der Waals surface area contributed by atoms with Gasteiger partial charge in [-0.2, -0.15) is 4.98 Å². The minimum absolute atomic E-state index is 0.100. The summed E-state index contributed by atoms with van der Waals surface area (Å²) >= 11 is 0. The van der Waals surface area contributed by atoms with E-state index < -0.39 is 11.8 Å². The molecule has 2 amide bonds. The molecule has 3 rings (SSSR count). The van der Waals surface area contributed by atoms with E-state index in [-0.39, 0.29) is 11.1 Å². The third-order valence-electron chi connectivity index (χ3n) is 5.61. The SMILES string of the molecule is Cc1cc(F)c(NC(=O)NCCC(C)(C)C)cc1-c1cc2cnc(NCCN(C)C)nc2nc1C. The van der Waals surface area contributed by atoms with E-state index in [0.717, 1.165) is 47.3 Å². The number of amides is 2. The molecule has 0 fully saturated rings. The molecule has 0 unspecified atom stereocenters. The average Bonchev–Trinajstić information content (AvgIpc) is 2.74. The van der Waals surface area contributed by atoms with Crippen LogP contribution in [0.25, 0.3) is 22.2 Å². The maximum absolute atomic E-state index is 14.7. The fourth-order valence-electron chi connectivity index (χ4n) is 3.58. The van der Waals surface area contributed by atoms with E-state index in [2.05, 4.69) is 56.6 Å². The summed E-state index contributed by atoms with van der Waals surface area (Å²) in [7, 11) is 4.01. The molecule has 35 heavy (non-hydrogen) atoms. The Kier molecular flexibility index (Phi) is 8.22. The quantitative estimate of drug-likeness (QED) is 0.420. The van der Waals surface area contributed by atoms with Gasteiger partial charge in [-0.1, -0.05) is 20.8 Å². The Bertz CT molecular complexity index is 1200. The molecule has 0 spiro atoms. The van der Waals surface area contributed by atoms with Gasteiger partial charge in [0, 0.05) is 42.5 Å². The number of anilines is 2. The predicted octanol–water partition coefficient (Wildman–Crippen LogP) is 4.98. The van der Waals surface area contributed by atoms with Gasteiger partial charge in [0.05, 0.1) is 5.69 Å². The van der Waals surface area contributed by atoms with Crippen molar-refractivity contribution in [1.29, 1.82) is 0 Å². The first-order chi connectivity index (χ1) is 16.4. The number of nitrogens with zero attached hydrogens (tertiary/aromatic N) is 4. The number of benzene rings is 1. The van der Waals surface area contributed by atoms with Crippen LogP contribution in [0.2, 0.25) is 0 Å². The second-order valence-corrected chi connectivity index (χ2v) is 10.3. The number of likely N-dealkylation sites (N-methyl/N-ethyl adjacent to an activating group) is 1. The maximum Gasteiger partial charge on any atom is 0.319 e. The van der Waals surface area contributed by atoms with Crippen molar-refractivity contribution in [3.63, 3.8) is 0 Å². The van der Waals surface area contributed by atoms with Gasteiger partial charge >= 0.3 is 6.03 Å². The van der Waals surface area contributed by atoms with Gasteiger partial charge < -0.3 is 20.9 Å². The molecule has 1 aromatic carbocycles. The smallest absolute Gasteiger partial charge is 0.319 e. The number of aromatic nitrogens is 3. The molecule has 8 nitrogen and oxygen atoms in total. The van der Waals surface area contributed by atoms with Gasteiger partial charge in [-0.15, -0.1) is 0 Å². The number of hydrogen-bond donors (Lipinski definition) is 3. The van der Waals surface area contributed by atoms with Crippen LogP contribution in [0.15, 0.2) is 24.4 Å². The molecule has 2 aromatic heterocycles. The van der Waals surface area contributed by atoms with Gasteiger partial charge in [0.1, 0.15) is 5.82 Å². The van der Waals surface area contributed by atoms with Gasteiger partial charge in [-0.25, -0.2) is 19.2 Å². The van der Waals surface area contributed by atoms with Gasteiger partial charge in [0.25, 0.3) is 0 Å². The first-order valence-corrected chi connectivity index (χ1v) is 11.8. The zero-order valence-electron chi connectivity index (χ0n) is 21.7. The second-order valence-electron chi connectivity index (χ2n) is 10.3. The number of pyridine rings is 1. The number of urea groups is 1. The lowest BCUT2D eigenvalue weighted by Gasteiger charge is -2.18. The first kappa shape index (κ1) is 26.3. The van der Waals surface area contributed by atoms with Crippen molar-refractivity contribution in [3.8, 4) is 11.1 Å². The molecule has 2 heterocycles. The highest BCUT2D eigenvalue weighted by Crippen LogP contribution is 2.32. The molecule has 0 radical (unpaired) electrons. The summed E-state index contributed by atoms with van der Waals surface area (Å²) in [5.41, 5.74) is 3.93. The Labute approximate surface area is 206 Å². The summed E-state index contributed by atoms with van der Waals surface area (Å²) in [6.45, 7) is 12.1. The number of carbonyl (C=O) groups is 1. The maximum atomic E-state index is 14.7. The lowest BCUT2D eigenvalue weighted by molar-refractivity contribution is 0.250. The van der Waals surface area contributed by atoms with Crippen LogP contribution in [-0.4, -0.2) is 59.6 Å². The van der Waals surface area contributed by atoms with Crippen molar-refractivity contribution in [1.82, 2.24) is 25.2 Å². The molecule has 9 heteroatoms. The van der Waals surface area contributed by atoms with Crippen molar-refractivity contribution in [3.05, 3.63) is 41.5 Å². The highest BCUT2D eigenvalue weighted by molar-refractivity contribution is 5.91. The van der Waals surface area contributed by atoms with Crippen molar-refractivity contribution >= 4 is 28.7 Å². The Morgan fingerprint density at radius 2 is 1.80 bits per heavy atom. The molecule has 188 valence electrons. The molecular weight excluding hydrogens is 445 g/mol. The monoisotopic (exact) mass is 481 g/mol. The van der Waals surface area contributed by atoms with Crippen LogP contribution in [0.4, 0.5) is 20.8 Å². The number of hydrogen-bond acceptors (Lipinski definition) is 6. The standard InChI is InChI=1S/C26H36FN7O/c1-16-12-21(27)22(32-25(35)29-9-8-26(3,4)5)14-19(16)20-13-18-15-30-24(28-10-11-34(6)7)33-23(18)31-17(20)2/h12-15H,8-11H2,1-7H3,(H2,29,32,35)(H,28,30,31,33). The molecule has 0 atom stereocenters. The summed E-state index contributed by atoms with van der Waals surface area (Å²) in [6.07, 6.45) is 2.55. The van der Waals surface area contributed by atoms with E-state index in [9.17, 15) is 9.18 Å². The first-order valence-electron chi connectivity index (χ1n) is 11.8. The number of nitrogens with one attached hydrogen (secondary N) is 3. The van der Waals surface area contributed by atoms with Gasteiger partial charge in [0.15, 0.2) is 5.65 Å². The van der Waals surface area contributed by atoms with Crippen LogP contribution < -0.4 is 16.0 Å². The molecule has 3 aromatic rings. The molecule has 0 aliphatic carbocycles.